The molecule has 2 rings (SSSR count). The van der Waals surface area contributed by atoms with Crippen molar-refractivity contribution < 1.29 is 0 Å². The van der Waals surface area contributed by atoms with Crippen LogP contribution in [0.4, 0.5) is 5.69 Å². The van der Waals surface area contributed by atoms with Crippen LogP contribution in [0.1, 0.15) is 11.3 Å². The van der Waals surface area contributed by atoms with Gasteiger partial charge in [0.1, 0.15) is 0 Å². The molecule has 2 nitrogen and oxygen atoms in total. The monoisotopic (exact) mass is 186 g/mol. The third-order valence-electron chi connectivity index (χ3n) is 2.43. The maximum atomic E-state index is 4.51. The highest BCUT2D eigenvalue weighted by molar-refractivity contribution is 5.85. The molecule has 0 saturated carbocycles. The molecule has 0 bridgehead atoms. The van der Waals surface area contributed by atoms with E-state index in [4.69, 9.17) is 0 Å². The zero-order valence-corrected chi connectivity index (χ0v) is 8.76. The van der Waals surface area contributed by atoms with Crippen LogP contribution in [0.5, 0.6) is 0 Å². The third kappa shape index (κ3) is 1.43. The van der Waals surface area contributed by atoms with Gasteiger partial charge in [-0.3, -0.25) is 4.98 Å². The maximum Gasteiger partial charge on any atom is 0.0728 e. The van der Waals surface area contributed by atoms with E-state index in [1.807, 2.05) is 14.0 Å². The molecule has 14 heavy (non-hydrogen) atoms. The number of fused-ring (bicyclic) bond motifs is 1. The Balaban J connectivity index is 2.75. The van der Waals surface area contributed by atoms with Gasteiger partial charge in [-0.15, -0.1) is 0 Å². The number of aryl methyl sites for hydroxylation is 2. The summed E-state index contributed by atoms with van der Waals surface area (Å²) < 4.78 is 0. The van der Waals surface area contributed by atoms with Gasteiger partial charge in [-0.1, -0.05) is 6.07 Å². The Hall–Kier alpha value is -1.57. The van der Waals surface area contributed by atoms with Gasteiger partial charge >= 0.3 is 0 Å². The van der Waals surface area contributed by atoms with Crippen molar-refractivity contribution in [2.24, 2.45) is 0 Å². The Morgan fingerprint density at radius 3 is 2.64 bits per heavy atom. The molecule has 0 aliphatic carbocycles. The Bertz CT molecular complexity index is 475. The Labute approximate surface area is 84.0 Å². The summed E-state index contributed by atoms with van der Waals surface area (Å²) in [5, 5.41) is 4.35. The summed E-state index contributed by atoms with van der Waals surface area (Å²) in [5.74, 6) is 0. The van der Waals surface area contributed by atoms with Crippen LogP contribution in [-0.4, -0.2) is 12.0 Å². The van der Waals surface area contributed by atoms with Crippen molar-refractivity contribution in [3.63, 3.8) is 0 Å². The van der Waals surface area contributed by atoms with Crippen molar-refractivity contribution in [3.8, 4) is 0 Å². The summed E-state index contributed by atoms with van der Waals surface area (Å²) in [5.41, 5.74) is 4.53. The highest BCUT2D eigenvalue weighted by Gasteiger charge is 2.00. The fourth-order valence-corrected chi connectivity index (χ4v) is 1.73. The number of hydrogen-bond donors (Lipinski definition) is 1. The average Bonchev–Trinajstić information content (AvgIpc) is 2.16. The average molecular weight is 186 g/mol. The third-order valence-corrected chi connectivity index (χ3v) is 2.43. The van der Waals surface area contributed by atoms with Crippen molar-refractivity contribution in [1.82, 2.24) is 4.98 Å². The highest BCUT2D eigenvalue weighted by atomic mass is 14.8. The van der Waals surface area contributed by atoms with Gasteiger partial charge in [0.2, 0.25) is 0 Å². The van der Waals surface area contributed by atoms with Gasteiger partial charge in [-0.2, -0.15) is 0 Å². The molecular formula is C12H14N2. The molecule has 0 saturated heterocycles. The molecule has 0 aliphatic rings. The fraction of sp³-hybridized carbons (Fsp3) is 0.250. The van der Waals surface area contributed by atoms with E-state index in [1.165, 1.54) is 10.9 Å². The zero-order chi connectivity index (χ0) is 10.1. The van der Waals surface area contributed by atoms with Gasteiger partial charge in [-0.05, 0) is 37.6 Å². The lowest BCUT2D eigenvalue weighted by Gasteiger charge is -2.05. The minimum atomic E-state index is 1.06. The van der Waals surface area contributed by atoms with E-state index in [-0.39, 0.29) is 0 Å². The summed E-state index contributed by atoms with van der Waals surface area (Å²) in [7, 11) is 1.92. The molecule has 72 valence electrons. The van der Waals surface area contributed by atoms with Crippen molar-refractivity contribution >= 4 is 16.6 Å². The number of nitrogens with zero attached hydrogens (tertiary/aromatic N) is 1. The fourth-order valence-electron chi connectivity index (χ4n) is 1.73. The summed E-state index contributed by atoms with van der Waals surface area (Å²) in [4.78, 5) is 4.51. The quantitative estimate of drug-likeness (QED) is 0.740. The Morgan fingerprint density at radius 1 is 1.14 bits per heavy atom. The second kappa shape index (κ2) is 3.29. The van der Waals surface area contributed by atoms with E-state index >= 15 is 0 Å². The second-order valence-electron chi connectivity index (χ2n) is 3.56. The van der Waals surface area contributed by atoms with E-state index in [1.54, 1.807) is 0 Å². The molecule has 1 heterocycles. The lowest BCUT2D eigenvalue weighted by atomic mass is 10.1. The van der Waals surface area contributed by atoms with Crippen molar-refractivity contribution in [3.05, 3.63) is 35.5 Å². The minimum absolute atomic E-state index is 1.06. The maximum absolute atomic E-state index is 4.51. The topological polar surface area (TPSA) is 24.9 Å². The van der Waals surface area contributed by atoms with Crippen molar-refractivity contribution in [2.45, 2.75) is 13.8 Å². The minimum Gasteiger partial charge on any atom is -0.388 e. The largest absolute Gasteiger partial charge is 0.388 e. The van der Waals surface area contributed by atoms with Crippen LogP contribution in [0.2, 0.25) is 0 Å². The SMILES string of the molecule is CNc1ccc2c(C)cc(C)nc2c1. The molecule has 0 fully saturated rings. The first-order valence-electron chi connectivity index (χ1n) is 4.76. The van der Waals surface area contributed by atoms with Gasteiger partial charge in [0, 0.05) is 23.8 Å². The second-order valence-corrected chi connectivity index (χ2v) is 3.56. The molecule has 2 heteroatoms. The van der Waals surface area contributed by atoms with Crippen LogP contribution in [0.25, 0.3) is 10.9 Å². The number of benzene rings is 1. The summed E-state index contributed by atoms with van der Waals surface area (Å²) in [6.07, 6.45) is 0. The summed E-state index contributed by atoms with van der Waals surface area (Å²) >= 11 is 0. The van der Waals surface area contributed by atoms with E-state index in [0.29, 0.717) is 0 Å². The molecule has 0 radical (unpaired) electrons. The summed E-state index contributed by atoms with van der Waals surface area (Å²) in [6, 6.07) is 8.38. The zero-order valence-electron chi connectivity index (χ0n) is 8.76. The molecule has 1 aromatic heterocycles. The van der Waals surface area contributed by atoms with Gasteiger partial charge in [0.25, 0.3) is 0 Å². The van der Waals surface area contributed by atoms with Gasteiger partial charge in [0.15, 0.2) is 0 Å². The Kier molecular flexibility index (Phi) is 2.12. The first-order valence-corrected chi connectivity index (χ1v) is 4.76. The number of nitrogens with one attached hydrogen (secondary N) is 1. The van der Waals surface area contributed by atoms with E-state index in [9.17, 15) is 0 Å². The lowest BCUT2D eigenvalue weighted by molar-refractivity contribution is 1.23. The van der Waals surface area contributed by atoms with E-state index in [0.717, 1.165) is 16.9 Å². The van der Waals surface area contributed by atoms with Crippen LogP contribution < -0.4 is 5.32 Å². The predicted molar refractivity (Wildman–Crippen MR) is 60.8 cm³/mol. The molecule has 0 spiro atoms. The Morgan fingerprint density at radius 2 is 1.93 bits per heavy atom. The van der Waals surface area contributed by atoms with E-state index in [2.05, 4.69) is 41.5 Å². The molecule has 1 aromatic carbocycles. The molecule has 0 aliphatic heterocycles. The number of hydrogen-bond acceptors (Lipinski definition) is 2. The smallest absolute Gasteiger partial charge is 0.0728 e. The molecule has 0 unspecified atom stereocenters. The molecule has 0 atom stereocenters. The highest BCUT2D eigenvalue weighted by Crippen LogP contribution is 2.20. The van der Waals surface area contributed by atoms with Crippen molar-refractivity contribution in [2.75, 3.05) is 12.4 Å². The lowest BCUT2D eigenvalue weighted by Crippen LogP contribution is -1.91. The van der Waals surface area contributed by atoms with E-state index < -0.39 is 0 Å². The van der Waals surface area contributed by atoms with Crippen LogP contribution in [0, 0.1) is 13.8 Å². The first kappa shape index (κ1) is 9.00. The normalized spacial score (nSPS) is 10.5. The van der Waals surface area contributed by atoms with Crippen LogP contribution in [0.3, 0.4) is 0 Å². The predicted octanol–water partition coefficient (Wildman–Crippen LogP) is 2.89. The van der Waals surface area contributed by atoms with Crippen LogP contribution >= 0.6 is 0 Å². The molecule has 2 aromatic rings. The summed E-state index contributed by atoms with van der Waals surface area (Å²) in [6.45, 7) is 4.15. The number of rotatable bonds is 1. The van der Waals surface area contributed by atoms with Crippen molar-refractivity contribution in [1.29, 1.82) is 0 Å². The number of aromatic nitrogens is 1. The van der Waals surface area contributed by atoms with Gasteiger partial charge < -0.3 is 5.32 Å². The molecule has 1 N–H and O–H groups in total. The van der Waals surface area contributed by atoms with Gasteiger partial charge in [-0.25, -0.2) is 0 Å². The molecule has 0 amide bonds. The molecular weight excluding hydrogens is 172 g/mol. The standard InChI is InChI=1S/C12H14N2/c1-8-6-9(2)14-12-7-10(13-3)4-5-11(8)12/h4-7,13H,1-3H3. The number of anilines is 1. The van der Waals surface area contributed by atoms with Crippen LogP contribution in [0.15, 0.2) is 24.3 Å². The van der Waals surface area contributed by atoms with Crippen LogP contribution in [-0.2, 0) is 0 Å². The number of pyridine rings is 1. The first-order chi connectivity index (χ1) is 6.70. The van der Waals surface area contributed by atoms with Gasteiger partial charge in [0.05, 0.1) is 5.52 Å².